The lowest BCUT2D eigenvalue weighted by molar-refractivity contribution is -0.123. The number of hydrogen-bond donors (Lipinski definition) is 2. The first-order valence-corrected chi connectivity index (χ1v) is 7.92. The normalized spacial score (nSPS) is 22.2. The zero-order chi connectivity index (χ0) is 15.8. The first-order valence-electron chi connectivity index (χ1n) is 7.92. The van der Waals surface area contributed by atoms with E-state index in [0.29, 0.717) is 13.1 Å². The van der Waals surface area contributed by atoms with Crippen molar-refractivity contribution in [2.24, 2.45) is 5.41 Å². The van der Waals surface area contributed by atoms with Crippen LogP contribution in [-0.4, -0.2) is 42.2 Å². The monoisotopic (exact) mass is 302 g/mol. The van der Waals surface area contributed by atoms with Crippen LogP contribution in [0.25, 0.3) is 0 Å². The molecule has 0 bridgehead atoms. The zero-order valence-electron chi connectivity index (χ0n) is 13.1. The minimum Gasteiger partial charge on any atom is -0.396 e. The molecule has 1 heterocycles. The van der Waals surface area contributed by atoms with Gasteiger partial charge in [0.1, 0.15) is 0 Å². The molecule has 1 amide bonds. The van der Waals surface area contributed by atoms with Crippen molar-refractivity contribution in [2.75, 3.05) is 26.2 Å². The predicted molar refractivity (Wildman–Crippen MR) is 88.3 cm³/mol. The maximum Gasteiger partial charge on any atom is 0.234 e. The molecule has 4 heteroatoms. The second kappa shape index (κ2) is 8.11. The number of carbonyl (C=O) groups is 1. The maximum atomic E-state index is 12.1. The highest BCUT2D eigenvalue weighted by molar-refractivity contribution is 5.78. The maximum absolute atomic E-state index is 12.1. The van der Waals surface area contributed by atoms with Crippen molar-refractivity contribution in [3.8, 4) is 0 Å². The third-order valence-electron chi connectivity index (χ3n) is 4.35. The number of aliphatic hydroxyl groups is 1. The Morgan fingerprint density at radius 3 is 2.86 bits per heavy atom. The van der Waals surface area contributed by atoms with Crippen LogP contribution in [0.4, 0.5) is 0 Å². The largest absolute Gasteiger partial charge is 0.396 e. The number of hydrogen-bond acceptors (Lipinski definition) is 3. The fourth-order valence-electron chi connectivity index (χ4n) is 3.17. The quantitative estimate of drug-likeness (QED) is 0.757. The standard InChI is InChI=1S/C18H26N2O2/c1-2-9-18(15-21)10-6-11-20(14-18)13-17(22)19-12-16-7-4-3-5-8-16/h2-5,7-8,21H,1,6,9-15H2,(H,19,22). The average molecular weight is 302 g/mol. The van der Waals surface area contributed by atoms with Gasteiger partial charge in [0.05, 0.1) is 13.2 Å². The van der Waals surface area contributed by atoms with Crippen molar-refractivity contribution in [1.82, 2.24) is 10.2 Å². The van der Waals surface area contributed by atoms with Crippen LogP contribution in [0.2, 0.25) is 0 Å². The summed E-state index contributed by atoms with van der Waals surface area (Å²) in [6, 6.07) is 9.91. The number of rotatable bonds is 7. The summed E-state index contributed by atoms with van der Waals surface area (Å²) in [5.74, 6) is 0.0381. The molecule has 0 aliphatic carbocycles. The predicted octanol–water partition coefficient (Wildman–Crippen LogP) is 1.95. The van der Waals surface area contributed by atoms with Crippen LogP contribution in [0.1, 0.15) is 24.8 Å². The van der Waals surface area contributed by atoms with Gasteiger partial charge in [-0.05, 0) is 31.4 Å². The molecule has 1 aromatic carbocycles. The molecule has 22 heavy (non-hydrogen) atoms. The van der Waals surface area contributed by atoms with Crippen LogP contribution in [0.15, 0.2) is 43.0 Å². The first kappa shape index (κ1) is 16.7. The van der Waals surface area contributed by atoms with E-state index in [1.165, 1.54) is 0 Å². The summed E-state index contributed by atoms with van der Waals surface area (Å²) >= 11 is 0. The van der Waals surface area contributed by atoms with Gasteiger partial charge in [0.25, 0.3) is 0 Å². The summed E-state index contributed by atoms with van der Waals surface area (Å²) in [6.45, 7) is 6.57. The Balaban J connectivity index is 1.82. The number of likely N-dealkylation sites (tertiary alicyclic amines) is 1. The van der Waals surface area contributed by atoms with Crippen LogP contribution >= 0.6 is 0 Å². The Labute approximate surface area is 132 Å². The lowest BCUT2D eigenvalue weighted by atomic mass is 9.78. The molecular formula is C18H26N2O2. The Kier molecular flexibility index (Phi) is 6.16. The topological polar surface area (TPSA) is 52.6 Å². The fraction of sp³-hybridized carbons (Fsp3) is 0.500. The van der Waals surface area contributed by atoms with Crippen molar-refractivity contribution >= 4 is 5.91 Å². The summed E-state index contributed by atoms with van der Waals surface area (Å²) in [5, 5.41) is 12.7. The molecule has 2 N–H and O–H groups in total. The minimum atomic E-state index is -0.125. The van der Waals surface area contributed by atoms with Crippen molar-refractivity contribution in [1.29, 1.82) is 0 Å². The molecule has 4 nitrogen and oxygen atoms in total. The molecule has 1 atom stereocenters. The van der Waals surface area contributed by atoms with Gasteiger partial charge in [-0.25, -0.2) is 0 Å². The van der Waals surface area contributed by atoms with Crippen molar-refractivity contribution < 1.29 is 9.90 Å². The molecule has 1 fully saturated rings. The summed E-state index contributed by atoms with van der Waals surface area (Å²) in [6.07, 6.45) is 4.68. The lowest BCUT2D eigenvalue weighted by Crippen LogP contribution is -2.48. The summed E-state index contributed by atoms with van der Waals surface area (Å²) < 4.78 is 0. The lowest BCUT2D eigenvalue weighted by Gasteiger charge is -2.41. The molecular weight excluding hydrogens is 276 g/mol. The second-order valence-corrected chi connectivity index (χ2v) is 6.23. The van der Waals surface area contributed by atoms with Crippen LogP contribution in [0.3, 0.4) is 0 Å². The fourth-order valence-corrected chi connectivity index (χ4v) is 3.17. The number of piperidine rings is 1. The van der Waals surface area contributed by atoms with Gasteiger partial charge in [-0.15, -0.1) is 6.58 Å². The molecule has 1 saturated heterocycles. The van der Waals surface area contributed by atoms with E-state index < -0.39 is 0 Å². The number of allylic oxidation sites excluding steroid dienone is 1. The smallest absolute Gasteiger partial charge is 0.234 e. The number of carbonyl (C=O) groups excluding carboxylic acids is 1. The first-order chi connectivity index (χ1) is 10.7. The van der Waals surface area contributed by atoms with E-state index in [1.54, 1.807) is 0 Å². The molecule has 1 aliphatic heterocycles. The Bertz CT molecular complexity index is 489. The highest BCUT2D eigenvalue weighted by Crippen LogP contribution is 2.33. The number of amides is 1. The minimum absolute atomic E-state index is 0.0381. The Morgan fingerprint density at radius 1 is 1.41 bits per heavy atom. The van der Waals surface area contributed by atoms with E-state index in [-0.39, 0.29) is 17.9 Å². The number of benzene rings is 1. The molecule has 0 spiro atoms. The number of nitrogens with one attached hydrogen (secondary N) is 1. The molecule has 2 rings (SSSR count). The van der Waals surface area contributed by atoms with Gasteiger partial charge in [0.15, 0.2) is 0 Å². The van der Waals surface area contributed by atoms with Crippen LogP contribution in [0.5, 0.6) is 0 Å². The summed E-state index contributed by atoms with van der Waals surface area (Å²) in [5.41, 5.74) is 0.977. The van der Waals surface area contributed by atoms with E-state index in [4.69, 9.17) is 0 Å². The van der Waals surface area contributed by atoms with Crippen molar-refractivity contribution in [3.05, 3.63) is 48.6 Å². The van der Waals surface area contributed by atoms with Crippen LogP contribution in [0, 0.1) is 5.41 Å². The van der Waals surface area contributed by atoms with E-state index in [2.05, 4.69) is 16.8 Å². The molecule has 1 aromatic rings. The van der Waals surface area contributed by atoms with Crippen LogP contribution in [-0.2, 0) is 11.3 Å². The molecule has 0 saturated carbocycles. The van der Waals surface area contributed by atoms with Gasteiger partial charge in [-0.1, -0.05) is 36.4 Å². The van der Waals surface area contributed by atoms with Gasteiger partial charge >= 0.3 is 0 Å². The van der Waals surface area contributed by atoms with E-state index >= 15 is 0 Å². The van der Waals surface area contributed by atoms with E-state index in [0.717, 1.165) is 37.9 Å². The van der Waals surface area contributed by atoms with Gasteiger partial charge in [0, 0.05) is 18.5 Å². The Hall–Kier alpha value is -1.65. The molecule has 1 unspecified atom stereocenters. The van der Waals surface area contributed by atoms with Crippen LogP contribution < -0.4 is 5.32 Å². The van der Waals surface area contributed by atoms with Crippen molar-refractivity contribution in [2.45, 2.75) is 25.8 Å². The molecule has 1 aliphatic rings. The van der Waals surface area contributed by atoms with E-state index in [9.17, 15) is 9.90 Å². The van der Waals surface area contributed by atoms with Gasteiger partial charge in [0.2, 0.25) is 5.91 Å². The highest BCUT2D eigenvalue weighted by atomic mass is 16.3. The summed E-state index contributed by atoms with van der Waals surface area (Å²) in [4.78, 5) is 14.2. The molecule has 0 radical (unpaired) electrons. The van der Waals surface area contributed by atoms with Gasteiger partial charge < -0.3 is 10.4 Å². The zero-order valence-corrected chi connectivity index (χ0v) is 13.1. The highest BCUT2D eigenvalue weighted by Gasteiger charge is 2.34. The molecule has 120 valence electrons. The van der Waals surface area contributed by atoms with Gasteiger partial charge in [-0.3, -0.25) is 9.69 Å². The second-order valence-electron chi connectivity index (χ2n) is 6.23. The summed E-state index contributed by atoms with van der Waals surface area (Å²) in [7, 11) is 0. The Morgan fingerprint density at radius 2 is 2.18 bits per heavy atom. The molecule has 0 aromatic heterocycles. The average Bonchev–Trinajstić information content (AvgIpc) is 2.54. The third-order valence-corrected chi connectivity index (χ3v) is 4.35. The van der Waals surface area contributed by atoms with Crippen molar-refractivity contribution in [3.63, 3.8) is 0 Å². The SMILES string of the molecule is C=CCC1(CO)CCCN(CC(=O)NCc2ccccc2)C1. The number of aliphatic hydroxyl groups excluding tert-OH is 1. The van der Waals surface area contributed by atoms with Gasteiger partial charge in [-0.2, -0.15) is 0 Å². The van der Waals surface area contributed by atoms with E-state index in [1.807, 2.05) is 36.4 Å². The number of nitrogens with zero attached hydrogens (tertiary/aromatic N) is 1. The third kappa shape index (κ3) is 4.68.